The summed E-state index contributed by atoms with van der Waals surface area (Å²) in [6.45, 7) is 6.02. The normalized spacial score (nSPS) is 14.6. The van der Waals surface area contributed by atoms with Gasteiger partial charge in [-0.1, -0.05) is 42.5 Å². The summed E-state index contributed by atoms with van der Waals surface area (Å²) in [5.41, 5.74) is 1.28. The lowest BCUT2D eigenvalue weighted by Gasteiger charge is -2.26. The van der Waals surface area contributed by atoms with Crippen LogP contribution in [0.15, 0.2) is 66.7 Å². The Bertz CT molecular complexity index is 1120. The number of fused-ring (bicyclic) bond motifs is 1. The van der Waals surface area contributed by atoms with Gasteiger partial charge in [0.15, 0.2) is 0 Å². The highest BCUT2D eigenvalue weighted by molar-refractivity contribution is 5.96. The number of carbonyl (C=O) groups excluding carboxylic acids is 1. The molecular weight excluding hydrogens is 466 g/mol. The van der Waals surface area contributed by atoms with Crippen molar-refractivity contribution >= 4 is 35.1 Å². The van der Waals surface area contributed by atoms with E-state index < -0.39 is 17.9 Å². The maximum atomic E-state index is 12.4. The van der Waals surface area contributed by atoms with Gasteiger partial charge in [-0.05, 0) is 47.0 Å². The number of hydrogen-bond acceptors (Lipinski definition) is 5. The van der Waals surface area contributed by atoms with Crippen LogP contribution in [0.25, 0.3) is 10.8 Å². The SMILES string of the molecule is Cl.O=C(NC(Cc1ccc2cc(OCCCN3CCNCC3)ccc2c1)C(=O)O)c1ccccc1. The predicted octanol–water partition coefficient (Wildman–Crippen LogP) is 3.36. The van der Waals surface area contributed by atoms with E-state index in [0.29, 0.717) is 12.2 Å². The summed E-state index contributed by atoms with van der Waals surface area (Å²) in [5.74, 6) is -0.624. The fourth-order valence-corrected chi connectivity index (χ4v) is 4.17. The minimum atomic E-state index is -1.06. The van der Waals surface area contributed by atoms with Crippen molar-refractivity contribution in [2.24, 2.45) is 0 Å². The summed E-state index contributed by atoms with van der Waals surface area (Å²) in [4.78, 5) is 26.6. The lowest BCUT2D eigenvalue weighted by molar-refractivity contribution is -0.139. The smallest absolute Gasteiger partial charge is 0.326 e. The lowest BCUT2D eigenvalue weighted by Crippen LogP contribution is -2.43. The highest BCUT2D eigenvalue weighted by Crippen LogP contribution is 2.23. The molecule has 1 amide bonds. The van der Waals surface area contributed by atoms with E-state index in [1.165, 1.54) is 0 Å². The number of piperazine rings is 1. The summed E-state index contributed by atoms with van der Waals surface area (Å²) in [6, 6.07) is 19.4. The van der Waals surface area contributed by atoms with Crippen LogP contribution in [0.2, 0.25) is 0 Å². The summed E-state index contributed by atoms with van der Waals surface area (Å²) in [7, 11) is 0. The molecule has 4 rings (SSSR count). The Hall–Kier alpha value is -3.13. The zero-order valence-corrected chi connectivity index (χ0v) is 20.4. The number of nitrogens with zero attached hydrogens (tertiary/aromatic N) is 1. The van der Waals surface area contributed by atoms with Crippen LogP contribution < -0.4 is 15.4 Å². The molecule has 0 aliphatic carbocycles. The number of amides is 1. The molecule has 35 heavy (non-hydrogen) atoms. The number of nitrogens with one attached hydrogen (secondary N) is 2. The minimum Gasteiger partial charge on any atom is -0.494 e. The van der Waals surface area contributed by atoms with Gasteiger partial charge in [-0.2, -0.15) is 0 Å². The number of benzene rings is 3. The van der Waals surface area contributed by atoms with Gasteiger partial charge in [-0.15, -0.1) is 12.4 Å². The van der Waals surface area contributed by atoms with Crippen molar-refractivity contribution in [3.63, 3.8) is 0 Å². The van der Waals surface area contributed by atoms with Gasteiger partial charge in [0.1, 0.15) is 11.8 Å². The number of ether oxygens (including phenoxy) is 1. The van der Waals surface area contributed by atoms with Crippen LogP contribution in [-0.2, 0) is 11.2 Å². The van der Waals surface area contributed by atoms with Crippen LogP contribution in [0.5, 0.6) is 5.75 Å². The molecule has 1 atom stereocenters. The van der Waals surface area contributed by atoms with E-state index in [2.05, 4.69) is 15.5 Å². The number of carboxylic acids is 1. The van der Waals surface area contributed by atoms with Crippen molar-refractivity contribution in [3.8, 4) is 5.75 Å². The third-order valence-corrected chi connectivity index (χ3v) is 6.05. The zero-order chi connectivity index (χ0) is 23.8. The molecule has 1 unspecified atom stereocenters. The van der Waals surface area contributed by atoms with E-state index in [-0.39, 0.29) is 18.8 Å². The van der Waals surface area contributed by atoms with E-state index in [1.807, 2.05) is 42.5 Å². The van der Waals surface area contributed by atoms with E-state index in [1.54, 1.807) is 24.3 Å². The summed E-state index contributed by atoms with van der Waals surface area (Å²) >= 11 is 0. The summed E-state index contributed by atoms with van der Waals surface area (Å²) < 4.78 is 5.95. The average molecular weight is 498 g/mol. The monoisotopic (exact) mass is 497 g/mol. The fourth-order valence-electron chi connectivity index (χ4n) is 4.17. The van der Waals surface area contributed by atoms with Crippen LogP contribution in [0.1, 0.15) is 22.3 Å². The Morgan fingerprint density at radius 3 is 2.46 bits per heavy atom. The Morgan fingerprint density at radius 2 is 1.71 bits per heavy atom. The molecule has 1 saturated heterocycles. The van der Waals surface area contributed by atoms with Crippen LogP contribution in [0.4, 0.5) is 0 Å². The molecule has 0 bridgehead atoms. The van der Waals surface area contributed by atoms with Crippen LogP contribution >= 0.6 is 12.4 Å². The first-order chi connectivity index (χ1) is 16.6. The van der Waals surface area contributed by atoms with E-state index in [4.69, 9.17) is 4.74 Å². The van der Waals surface area contributed by atoms with E-state index in [0.717, 1.165) is 61.2 Å². The Kier molecular flexibility index (Phi) is 9.90. The quantitative estimate of drug-likeness (QED) is 0.372. The molecule has 7 nitrogen and oxygen atoms in total. The van der Waals surface area contributed by atoms with Crippen molar-refractivity contribution < 1.29 is 19.4 Å². The van der Waals surface area contributed by atoms with Crippen LogP contribution in [0, 0.1) is 0 Å². The first-order valence-electron chi connectivity index (χ1n) is 11.8. The molecule has 0 spiro atoms. The summed E-state index contributed by atoms with van der Waals surface area (Å²) in [6.07, 6.45) is 1.19. The molecule has 0 saturated carbocycles. The number of rotatable bonds is 10. The maximum Gasteiger partial charge on any atom is 0.326 e. The van der Waals surface area contributed by atoms with Crippen LogP contribution in [-0.4, -0.2) is 67.3 Å². The number of hydrogen-bond donors (Lipinski definition) is 3. The third kappa shape index (κ3) is 7.68. The van der Waals surface area contributed by atoms with Gasteiger partial charge in [0.2, 0.25) is 0 Å². The molecule has 0 radical (unpaired) electrons. The standard InChI is InChI=1S/C27H31N3O4.ClH/c31-26(21-5-2-1-3-6-21)29-25(27(32)33)18-20-7-8-23-19-24(10-9-22(23)17-20)34-16-4-13-30-14-11-28-12-15-30;/h1-3,5-10,17,19,25,28H,4,11-16,18H2,(H,29,31)(H,32,33);1H. The molecule has 3 N–H and O–H groups in total. The molecule has 3 aromatic carbocycles. The second-order valence-electron chi connectivity index (χ2n) is 8.57. The largest absolute Gasteiger partial charge is 0.494 e. The van der Waals surface area contributed by atoms with Crippen molar-refractivity contribution in [1.29, 1.82) is 0 Å². The predicted molar refractivity (Wildman–Crippen MR) is 140 cm³/mol. The number of aliphatic carboxylic acids is 1. The van der Waals surface area contributed by atoms with Crippen molar-refractivity contribution in [1.82, 2.24) is 15.5 Å². The van der Waals surface area contributed by atoms with Gasteiger partial charge in [-0.25, -0.2) is 4.79 Å². The number of carboxylic acid groups (broad SMARTS) is 1. The zero-order valence-electron chi connectivity index (χ0n) is 19.6. The third-order valence-electron chi connectivity index (χ3n) is 6.05. The van der Waals surface area contributed by atoms with Crippen molar-refractivity contribution in [2.75, 3.05) is 39.3 Å². The Morgan fingerprint density at radius 1 is 1.00 bits per heavy atom. The molecule has 1 heterocycles. The Balaban J connectivity index is 0.00000342. The highest BCUT2D eigenvalue weighted by atomic mass is 35.5. The summed E-state index contributed by atoms with van der Waals surface area (Å²) in [5, 5.41) is 17.7. The first-order valence-corrected chi connectivity index (χ1v) is 11.8. The molecular formula is C27H32ClN3O4. The van der Waals surface area contributed by atoms with Gasteiger partial charge < -0.3 is 25.4 Å². The van der Waals surface area contributed by atoms with Gasteiger partial charge in [-0.3, -0.25) is 4.79 Å². The van der Waals surface area contributed by atoms with E-state index in [9.17, 15) is 14.7 Å². The average Bonchev–Trinajstić information content (AvgIpc) is 2.87. The van der Waals surface area contributed by atoms with Crippen molar-refractivity contribution in [3.05, 3.63) is 77.9 Å². The van der Waals surface area contributed by atoms with Crippen molar-refractivity contribution in [2.45, 2.75) is 18.9 Å². The van der Waals surface area contributed by atoms with Gasteiger partial charge >= 0.3 is 5.97 Å². The minimum absolute atomic E-state index is 0. The van der Waals surface area contributed by atoms with Crippen LogP contribution in [0.3, 0.4) is 0 Å². The highest BCUT2D eigenvalue weighted by Gasteiger charge is 2.21. The second-order valence-corrected chi connectivity index (χ2v) is 8.57. The molecule has 0 aromatic heterocycles. The Labute approximate surface area is 211 Å². The first kappa shape index (κ1) is 26.5. The van der Waals surface area contributed by atoms with Gasteiger partial charge in [0, 0.05) is 44.7 Å². The molecule has 1 aliphatic heterocycles. The molecule has 1 fully saturated rings. The topological polar surface area (TPSA) is 90.9 Å². The number of halogens is 1. The number of carbonyl (C=O) groups is 2. The molecule has 186 valence electrons. The second kappa shape index (κ2) is 13.1. The lowest BCUT2D eigenvalue weighted by atomic mass is 10.0. The fraction of sp³-hybridized carbons (Fsp3) is 0.333. The molecule has 3 aromatic rings. The van der Waals surface area contributed by atoms with Gasteiger partial charge in [0.25, 0.3) is 5.91 Å². The molecule has 8 heteroatoms. The van der Waals surface area contributed by atoms with Gasteiger partial charge in [0.05, 0.1) is 6.61 Å². The maximum absolute atomic E-state index is 12.4. The van der Waals surface area contributed by atoms with E-state index >= 15 is 0 Å². The molecule has 1 aliphatic rings.